The van der Waals surface area contributed by atoms with Crippen LogP contribution in [0.2, 0.25) is 0 Å². The van der Waals surface area contributed by atoms with Gasteiger partial charge >= 0.3 is 0 Å². The lowest BCUT2D eigenvalue weighted by Crippen LogP contribution is -2.57. The third kappa shape index (κ3) is 2.45. The molecule has 0 spiro atoms. The van der Waals surface area contributed by atoms with Gasteiger partial charge in [-0.25, -0.2) is 8.42 Å². The van der Waals surface area contributed by atoms with E-state index in [0.717, 1.165) is 30.8 Å². The van der Waals surface area contributed by atoms with Crippen molar-refractivity contribution >= 4 is 22.4 Å². The standard InChI is InChI=1S/C12H16N2O3S.ClH/c1-14(10-7-13-8-10)18(15,16)11-2-3-12-9(6-11)4-5-17-12;/h2-3,6,10,13H,4-5,7-8H2,1H3;1H. The third-order valence-electron chi connectivity index (χ3n) is 3.61. The van der Waals surface area contributed by atoms with Crippen LogP contribution in [0.15, 0.2) is 23.1 Å². The molecular weight excluding hydrogens is 288 g/mol. The average Bonchev–Trinajstić information content (AvgIpc) is 2.73. The Balaban J connectivity index is 0.00000133. The van der Waals surface area contributed by atoms with Gasteiger partial charge in [0, 0.05) is 32.6 Å². The van der Waals surface area contributed by atoms with Crippen molar-refractivity contribution in [3.8, 4) is 5.75 Å². The molecular formula is C12H17ClN2O3S. The molecule has 5 nitrogen and oxygen atoms in total. The topological polar surface area (TPSA) is 58.6 Å². The van der Waals surface area contributed by atoms with Gasteiger partial charge in [0.1, 0.15) is 5.75 Å². The Morgan fingerprint density at radius 2 is 2.11 bits per heavy atom. The number of likely N-dealkylation sites (N-methyl/N-ethyl adjacent to an activating group) is 1. The molecule has 106 valence electrons. The monoisotopic (exact) mass is 304 g/mol. The highest BCUT2D eigenvalue weighted by Gasteiger charge is 2.32. The van der Waals surface area contributed by atoms with Gasteiger partial charge in [-0.15, -0.1) is 12.4 Å². The first kappa shape index (κ1) is 14.6. The van der Waals surface area contributed by atoms with Crippen molar-refractivity contribution < 1.29 is 13.2 Å². The highest BCUT2D eigenvalue weighted by atomic mass is 35.5. The Bertz CT molecular complexity index is 572. The second-order valence-corrected chi connectivity index (χ2v) is 6.70. The van der Waals surface area contributed by atoms with Crippen LogP contribution in [0.5, 0.6) is 5.75 Å². The van der Waals surface area contributed by atoms with Gasteiger partial charge in [-0.2, -0.15) is 4.31 Å². The summed E-state index contributed by atoms with van der Waals surface area (Å²) in [6.45, 7) is 2.09. The molecule has 0 aliphatic carbocycles. The van der Waals surface area contributed by atoms with E-state index in [1.54, 1.807) is 25.2 Å². The van der Waals surface area contributed by atoms with Crippen LogP contribution in [0.25, 0.3) is 0 Å². The lowest BCUT2D eigenvalue weighted by molar-refractivity contribution is 0.274. The van der Waals surface area contributed by atoms with Crippen molar-refractivity contribution in [2.45, 2.75) is 17.4 Å². The molecule has 2 aliphatic rings. The molecule has 2 aliphatic heterocycles. The fraction of sp³-hybridized carbons (Fsp3) is 0.500. The largest absolute Gasteiger partial charge is 0.493 e. The average molecular weight is 305 g/mol. The van der Waals surface area contributed by atoms with E-state index < -0.39 is 10.0 Å². The van der Waals surface area contributed by atoms with Crippen LogP contribution in [0, 0.1) is 0 Å². The minimum absolute atomic E-state index is 0. The number of halogens is 1. The molecule has 0 amide bonds. The zero-order chi connectivity index (χ0) is 12.8. The maximum atomic E-state index is 12.4. The Morgan fingerprint density at radius 1 is 1.37 bits per heavy atom. The Morgan fingerprint density at radius 3 is 2.74 bits per heavy atom. The fourth-order valence-electron chi connectivity index (χ4n) is 2.22. The predicted octanol–water partition coefficient (Wildman–Crippen LogP) is 0.636. The van der Waals surface area contributed by atoms with Gasteiger partial charge in [0.25, 0.3) is 0 Å². The first-order chi connectivity index (χ1) is 8.59. The molecule has 0 unspecified atom stereocenters. The molecule has 19 heavy (non-hydrogen) atoms. The molecule has 1 aromatic rings. The number of fused-ring (bicyclic) bond motifs is 1. The summed E-state index contributed by atoms with van der Waals surface area (Å²) >= 11 is 0. The van der Waals surface area contributed by atoms with E-state index in [9.17, 15) is 8.42 Å². The zero-order valence-electron chi connectivity index (χ0n) is 10.6. The summed E-state index contributed by atoms with van der Waals surface area (Å²) in [6, 6.07) is 5.18. The summed E-state index contributed by atoms with van der Waals surface area (Å²) < 4.78 is 31.7. The second-order valence-electron chi connectivity index (χ2n) is 4.70. The van der Waals surface area contributed by atoms with Crippen molar-refractivity contribution in [1.29, 1.82) is 0 Å². The molecule has 0 bridgehead atoms. The number of ether oxygens (including phenoxy) is 1. The van der Waals surface area contributed by atoms with Crippen molar-refractivity contribution in [1.82, 2.24) is 9.62 Å². The Kier molecular flexibility index (Phi) is 4.06. The first-order valence-corrected chi connectivity index (χ1v) is 7.47. The maximum absolute atomic E-state index is 12.4. The minimum atomic E-state index is -3.38. The summed E-state index contributed by atoms with van der Waals surface area (Å²) in [5, 5.41) is 3.08. The van der Waals surface area contributed by atoms with Crippen LogP contribution in [-0.4, -0.2) is 45.5 Å². The van der Waals surface area contributed by atoms with E-state index >= 15 is 0 Å². The molecule has 1 saturated heterocycles. The molecule has 0 saturated carbocycles. The van der Waals surface area contributed by atoms with Gasteiger partial charge in [0.05, 0.1) is 11.5 Å². The van der Waals surface area contributed by atoms with E-state index in [4.69, 9.17) is 4.74 Å². The Hall–Kier alpha value is -0.820. The van der Waals surface area contributed by atoms with E-state index in [1.165, 1.54) is 4.31 Å². The van der Waals surface area contributed by atoms with Crippen molar-refractivity contribution in [3.63, 3.8) is 0 Å². The van der Waals surface area contributed by atoms with Gasteiger partial charge in [-0.05, 0) is 23.8 Å². The number of hydrogen-bond donors (Lipinski definition) is 1. The van der Waals surface area contributed by atoms with Crippen LogP contribution < -0.4 is 10.1 Å². The van der Waals surface area contributed by atoms with Crippen LogP contribution >= 0.6 is 12.4 Å². The molecule has 0 aromatic heterocycles. The molecule has 3 rings (SSSR count). The van der Waals surface area contributed by atoms with Crippen molar-refractivity contribution in [3.05, 3.63) is 23.8 Å². The molecule has 1 aromatic carbocycles. The summed E-state index contributed by atoms with van der Waals surface area (Å²) in [5.74, 6) is 0.807. The smallest absolute Gasteiger partial charge is 0.243 e. The van der Waals surface area contributed by atoms with Crippen LogP contribution in [0.1, 0.15) is 5.56 Å². The SMILES string of the molecule is CN(C1CNC1)S(=O)(=O)c1ccc2c(c1)CCO2.Cl. The summed E-state index contributed by atoms with van der Waals surface area (Å²) in [6.07, 6.45) is 0.785. The minimum Gasteiger partial charge on any atom is -0.493 e. The number of sulfonamides is 1. The first-order valence-electron chi connectivity index (χ1n) is 6.03. The molecule has 0 atom stereocenters. The summed E-state index contributed by atoms with van der Waals surface area (Å²) in [4.78, 5) is 0.362. The van der Waals surface area contributed by atoms with Crippen molar-refractivity contribution in [2.24, 2.45) is 0 Å². The lowest BCUT2D eigenvalue weighted by atomic mass is 10.2. The summed E-state index contributed by atoms with van der Waals surface area (Å²) in [7, 11) is -1.74. The second kappa shape index (κ2) is 5.28. The maximum Gasteiger partial charge on any atom is 0.243 e. The quantitative estimate of drug-likeness (QED) is 0.890. The Labute approximate surface area is 119 Å². The molecule has 1 N–H and O–H groups in total. The van der Waals surface area contributed by atoms with E-state index in [-0.39, 0.29) is 18.4 Å². The van der Waals surface area contributed by atoms with Crippen LogP contribution in [0.4, 0.5) is 0 Å². The van der Waals surface area contributed by atoms with Gasteiger partial charge in [0.15, 0.2) is 0 Å². The highest BCUT2D eigenvalue weighted by molar-refractivity contribution is 7.89. The number of nitrogens with zero attached hydrogens (tertiary/aromatic N) is 1. The van der Waals surface area contributed by atoms with Crippen LogP contribution in [-0.2, 0) is 16.4 Å². The van der Waals surface area contributed by atoms with E-state index in [2.05, 4.69) is 5.32 Å². The van der Waals surface area contributed by atoms with Gasteiger partial charge in [-0.3, -0.25) is 0 Å². The van der Waals surface area contributed by atoms with Crippen LogP contribution in [0.3, 0.4) is 0 Å². The van der Waals surface area contributed by atoms with E-state index in [0.29, 0.717) is 11.5 Å². The highest BCUT2D eigenvalue weighted by Crippen LogP contribution is 2.29. The molecule has 2 heterocycles. The number of rotatable bonds is 3. The van der Waals surface area contributed by atoms with Gasteiger partial charge in [0.2, 0.25) is 10.0 Å². The molecule has 0 radical (unpaired) electrons. The fourth-order valence-corrected chi connectivity index (χ4v) is 3.62. The van der Waals surface area contributed by atoms with E-state index in [1.807, 2.05) is 0 Å². The van der Waals surface area contributed by atoms with Gasteiger partial charge < -0.3 is 10.1 Å². The van der Waals surface area contributed by atoms with Gasteiger partial charge in [-0.1, -0.05) is 0 Å². The summed E-state index contributed by atoms with van der Waals surface area (Å²) in [5.41, 5.74) is 0.983. The number of hydrogen-bond acceptors (Lipinski definition) is 4. The molecule has 7 heteroatoms. The third-order valence-corrected chi connectivity index (χ3v) is 5.52. The normalized spacial score (nSPS) is 18.4. The molecule has 1 fully saturated rings. The van der Waals surface area contributed by atoms with Crippen molar-refractivity contribution in [2.75, 3.05) is 26.7 Å². The number of nitrogens with one attached hydrogen (secondary N) is 1. The lowest BCUT2D eigenvalue weighted by Gasteiger charge is -2.34. The zero-order valence-corrected chi connectivity index (χ0v) is 12.3. The predicted molar refractivity (Wildman–Crippen MR) is 74.5 cm³/mol. The number of benzene rings is 1.